The summed E-state index contributed by atoms with van der Waals surface area (Å²) in [5.41, 5.74) is 0.195. The third-order valence-electron chi connectivity index (χ3n) is 3.23. The number of hydrogen-bond donors (Lipinski definition) is 2. The summed E-state index contributed by atoms with van der Waals surface area (Å²) in [6, 6.07) is 12.5. The van der Waals surface area contributed by atoms with Crippen LogP contribution < -0.4 is 5.32 Å². The van der Waals surface area contributed by atoms with E-state index in [4.69, 9.17) is 5.11 Å². The van der Waals surface area contributed by atoms with Crippen LogP contribution in [0.25, 0.3) is 0 Å². The molecule has 1 amide bonds. The molecule has 2 aromatic carbocycles. The summed E-state index contributed by atoms with van der Waals surface area (Å²) < 4.78 is 0. The minimum Gasteiger partial charge on any atom is -0.478 e. The van der Waals surface area contributed by atoms with E-state index in [2.05, 4.69) is 5.32 Å². The standard InChI is InChI=1S/C16H14N2O5/c19-15(17-9-8-11-4-2-1-3-5-11)14-10-12(18(22)23)6-7-13(14)16(20)21/h1-7,10H,8-9H2,(H,17,19)(H,20,21). The van der Waals surface area contributed by atoms with Crippen molar-refractivity contribution < 1.29 is 19.6 Å². The molecule has 0 saturated heterocycles. The van der Waals surface area contributed by atoms with Gasteiger partial charge in [0.05, 0.1) is 16.1 Å². The normalized spacial score (nSPS) is 10.1. The SMILES string of the molecule is O=C(O)c1ccc([N+](=O)[O-])cc1C(=O)NCCc1ccccc1. The van der Waals surface area contributed by atoms with Gasteiger partial charge in [-0.3, -0.25) is 14.9 Å². The molecule has 0 atom stereocenters. The second kappa shape index (κ2) is 7.17. The Hall–Kier alpha value is -3.22. The van der Waals surface area contributed by atoms with Crippen LogP contribution in [0.1, 0.15) is 26.3 Å². The monoisotopic (exact) mass is 314 g/mol. The summed E-state index contributed by atoms with van der Waals surface area (Å²) in [4.78, 5) is 33.4. The van der Waals surface area contributed by atoms with Crippen LogP contribution in [-0.4, -0.2) is 28.5 Å². The van der Waals surface area contributed by atoms with Crippen molar-refractivity contribution in [2.24, 2.45) is 0 Å². The van der Waals surface area contributed by atoms with Gasteiger partial charge in [-0.1, -0.05) is 30.3 Å². The third kappa shape index (κ3) is 4.13. The Bertz CT molecular complexity index is 743. The maximum absolute atomic E-state index is 12.1. The van der Waals surface area contributed by atoms with Crippen LogP contribution in [0, 0.1) is 10.1 Å². The van der Waals surface area contributed by atoms with Gasteiger partial charge in [-0.2, -0.15) is 0 Å². The number of benzene rings is 2. The lowest BCUT2D eigenvalue weighted by Crippen LogP contribution is -2.27. The van der Waals surface area contributed by atoms with Crippen molar-refractivity contribution in [1.29, 1.82) is 0 Å². The van der Waals surface area contributed by atoms with Gasteiger partial charge in [0.25, 0.3) is 11.6 Å². The largest absolute Gasteiger partial charge is 0.478 e. The first-order valence-electron chi connectivity index (χ1n) is 6.83. The van der Waals surface area contributed by atoms with Crippen LogP contribution in [-0.2, 0) is 6.42 Å². The van der Waals surface area contributed by atoms with Crippen molar-refractivity contribution in [3.8, 4) is 0 Å². The Labute approximate surface area is 131 Å². The number of rotatable bonds is 6. The van der Waals surface area contributed by atoms with Crippen LogP contribution in [0.15, 0.2) is 48.5 Å². The van der Waals surface area contributed by atoms with Crippen molar-refractivity contribution in [3.05, 3.63) is 75.3 Å². The maximum Gasteiger partial charge on any atom is 0.336 e. The van der Waals surface area contributed by atoms with Crippen molar-refractivity contribution in [3.63, 3.8) is 0 Å². The van der Waals surface area contributed by atoms with Crippen LogP contribution in [0.5, 0.6) is 0 Å². The van der Waals surface area contributed by atoms with E-state index in [1.807, 2.05) is 30.3 Å². The number of nitro benzene ring substituents is 1. The summed E-state index contributed by atoms with van der Waals surface area (Å²) in [5, 5.41) is 22.5. The number of hydrogen-bond acceptors (Lipinski definition) is 4. The van der Waals surface area contributed by atoms with Crippen molar-refractivity contribution in [2.45, 2.75) is 6.42 Å². The molecule has 0 saturated carbocycles. The minimum atomic E-state index is -1.31. The second-order valence-corrected chi connectivity index (χ2v) is 4.78. The molecule has 7 heteroatoms. The highest BCUT2D eigenvalue weighted by molar-refractivity contribution is 6.05. The molecule has 0 heterocycles. The third-order valence-corrected chi connectivity index (χ3v) is 3.23. The molecular weight excluding hydrogens is 300 g/mol. The summed E-state index contributed by atoms with van der Waals surface area (Å²) >= 11 is 0. The number of carboxylic acids is 1. The maximum atomic E-state index is 12.1. The first kappa shape index (κ1) is 16.2. The lowest BCUT2D eigenvalue weighted by molar-refractivity contribution is -0.384. The Morgan fingerprint density at radius 3 is 2.39 bits per heavy atom. The van der Waals surface area contributed by atoms with E-state index < -0.39 is 16.8 Å². The number of nitrogens with one attached hydrogen (secondary N) is 1. The number of carbonyl (C=O) groups is 2. The molecule has 0 unspecified atom stereocenters. The lowest BCUT2D eigenvalue weighted by Gasteiger charge is -2.08. The van der Waals surface area contributed by atoms with Crippen LogP contribution in [0.4, 0.5) is 5.69 Å². The highest BCUT2D eigenvalue weighted by atomic mass is 16.6. The van der Waals surface area contributed by atoms with Gasteiger partial charge in [-0.15, -0.1) is 0 Å². The number of amides is 1. The minimum absolute atomic E-state index is 0.222. The van der Waals surface area contributed by atoms with Crippen molar-refractivity contribution in [1.82, 2.24) is 5.32 Å². The fraction of sp³-hybridized carbons (Fsp3) is 0.125. The molecule has 0 fully saturated rings. The molecule has 0 aliphatic carbocycles. The first-order valence-corrected chi connectivity index (χ1v) is 6.83. The molecule has 2 rings (SSSR count). The second-order valence-electron chi connectivity index (χ2n) is 4.78. The molecule has 7 nitrogen and oxygen atoms in total. The molecule has 0 bridgehead atoms. The number of carbonyl (C=O) groups excluding carboxylic acids is 1. The fourth-order valence-corrected chi connectivity index (χ4v) is 2.08. The van der Waals surface area contributed by atoms with E-state index in [1.165, 1.54) is 0 Å². The van der Waals surface area contributed by atoms with Gasteiger partial charge in [0, 0.05) is 18.7 Å². The molecule has 118 valence electrons. The van der Waals surface area contributed by atoms with E-state index in [9.17, 15) is 19.7 Å². The fourth-order valence-electron chi connectivity index (χ4n) is 2.08. The zero-order chi connectivity index (χ0) is 16.8. The smallest absolute Gasteiger partial charge is 0.336 e. The van der Waals surface area contributed by atoms with Crippen molar-refractivity contribution in [2.75, 3.05) is 6.54 Å². The van der Waals surface area contributed by atoms with Gasteiger partial charge in [0.15, 0.2) is 0 Å². The molecule has 23 heavy (non-hydrogen) atoms. The van der Waals surface area contributed by atoms with Gasteiger partial charge in [0.2, 0.25) is 0 Å². The predicted octanol–water partition coefficient (Wildman–Crippen LogP) is 2.27. The summed E-state index contributed by atoms with van der Waals surface area (Å²) in [6.07, 6.45) is 0.573. The average Bonchev–Trinajstić information content (AvgIpc) is 2.55. The average molecular weight is 314 g/mol. The number of aromatic carboxylic acids is 1. The summed E-state index contributed by atoms with van der Waals surface area (Å²) in [5.74, 6) is -1.96. The van der Waals surface area contributed by atoms with E-state index >= 15 is 0 Å². The predicted molar refractivity (Wildman–Crippen MR) is 82.5 cm³/mol. The molecule has 0 aliphatic heterocycles. The molecule has 0 radical (unpaired) electrons. The quantitative estimate of drug-likeness (QED) is 0.628. The Balaban J connectivity index is 2.12. The zero-order valence-corrected chi connectivity index (χ0v) is 12.1. The van der Waals surface area contributed by atoms with Gasteiger partial charge in [-0.05, 0) is 18.1 Å². The number of carboxylic acid groups (broad SMARTS) is 1. The Morgan fingerprint density at radius 1 is 1.09 bits per heavy atom. The highest BCUT2D eigenvalue weighted by Gasteiger charge is 2.20. The molecule has 0 aromatic heterocycles. The van der Waals surface area contributed by atoms with Gasteiger partial charge in [-0.25, -0.2) is 4.79 Å². The zero-order valence-electron chi connectivity index (χ0n) is 12.1. The van der Waals surface area contributed by atoms with Crippen LogP contribution in [0.3, 0.4) is 0 Å². The molecule has 2 aromatic rings. The van der Waals surface area contributed by atoms with E-state index in [-0.39, 0.29) is 16.8 Å². The van der Waals surface area contributed by atoms with E-state index in [1.54, 1.807) is 0 Å². The topological polar surface area (TPSA) is 110 Å². The Kier molecular flexibility index (Phi) is 5.03. The number of non-ortho nitro benzene ring substituents is 1. The first-order chi connectivity index (χ1) is 11.0. The molecule has 0 aliphatic rings. The Morgan fingerprint density at radius 2 is 1.78 bits per heavy atom. The van der Waals surface area contributed by atoms with Gasteiger partial charge in [0.1, 0.15) is 0 Å². The molecule has 2 N–H and O–H groups in total. The van der Waals surface area contributed by atoms with Crippen LogP contribution in [0.2, 0.25) is 0 Å². The van der Waals surface area contributed by atoms with Gasteiger partial charge < -0.3 is 10.4 Å². The number of nitrogens with zero attached hydrogens (tertiary/aromatic N) is 1. The molecular formula is C16H14N2O5. The highest BCUT2D eigenvalue weighted by Crippen LogP contribution is 2.18. The van der Waals surface area contributed by atoms with Crippen molar-refractivity contribution >= 4 is 17.6 Å². The van der Waals surface area contributed by atoms with Gasteiger partial charge >= 0.3 is 5.97 Å². The van der Waals surface area contributed by atoms with E-state index in [0.29, 0.717) is 13.0 Å². The van der Waals surface area contributed by atoms with Crippen LogP contribution >= 0.6 is 0 Å². The lowest BCUT2D eigenvalue weighted by atomic mass is 10.1. The number of nitro groups is 1. The molecule has 0 spiro atoms. The van der Waals surface area contributed by atoms with E-state index in [0.717, 1.165) is 23.8 Å². The summed E-state index contributed by atoms with van der Waals surface area (Å²) in [7, 11) is 0. The summed E-state index contributed by atoms with van der Waals surface area (Å²) in [6.45, 7) is 0.296.